The topological polar surface area (TPSA) is 50.7 Å². The van der Waals surface area contributed by atoms with Crippen LogP contribution in [0, 0.1) is 6.92 Å². The normalized spacial score (nSPS) is 10.5. The summed E-state index contributed by atoms with van der Waals surface area (Å²) in [5.41, 5.74) is 3.35. The van der Waals surface area contributed by atoms with Crippen LogP contribution in [0.2, 0.25) is 0 Å². The van der Waals surface area contributed by atoms with Gasteiger partial charge in [-0.1, -0.05) is 42.0 Å². The molecule has 0 saturated carbocycles. The first-order valence-electron chi connectivity index (χ1n) is 7.40. The molecule has 0 atom stereocenters. The third kappa shape index (κ3) is 4.48. The fourth-order valence-electron chi connectivity index (χ4n) is 2.28. The number of hydrogen-bond donors (Lipinski definition) is 2. The second kappa shape index (κ2) is 8.41. The molecule has 0 amide bonds. The van der Waals surface area contributed by atoms with Gasteiger partial charge in [0, 0.05) is 18.7 Å². The zero-order valence-corrected chi connectivity index (χ0v) is 13.1. The molecule has 22 heavy (non-hydrogen) atoms. The van der Waals surface area contributed by atoms with E-state index in [9.17, 15) is 0 Å². The molecule has 0 aliphatic rings. The van der Waals surface area contributed by atoms with Crippen LogP contribution in [0.25, 0.3) is 0 Å². The Bertz CT molecular complexity index is 599. The molecular weight excluding hydrogens is 278 g/mol. The average molecular weight is 301 g/mol. The Morgan fingerprint density at radius 3 is 2.68 bits per heavy atom. The van der Waals surface area contributed by atoms with Gasteiger partial charge in [0.1, 0.15) is 6.61 Å². The number of para-hydroxylation sites is 1. The number of aliphatic hydroxyl groups is 1. The van der Waals surface area contributed by atoms with E-state index in [0.717, 1.165) is 22.6 Å². The first-order chi connectivity index (χ1) is 10.7. The molecule has 118 valence electrons. The van der Waals surface area contributed by atoms with Gasteiger partial charge in [-0.15, -0.1) is 0 Å². The van der Waals surface area contributed by atoms with Crippen LogP contribution in [-0.4, -0.2) is 25.4 Å². The standard InChI is InChI=1S/C18H23NO3/c1-14-5-3-6-15(11-14)13-22-18-16(12-19-9-10-20)7-4-8-17(18)21-2/h3-8,11,19-20H,9-10,12-13H2,1-2H3. The smallest absolute Gasteiger partial charge is 0.166 e. The fraction of sp³-hybridized carbons (Fsp3) is 0.333. The predicted octanol–water partition coefficient (Wildman–Crippen LogP) is 2.66. The fourth-order valence-corrected chi connectivity index (χ4v) is 2.28. The second-order valence-electron chi connectivity index (χ2n) is 5.13. The van der Waals surface area contributed by atoms with E-state index < -0.39 is 0 Å². The van der Waals surface area contributed by atoms with Crippen LogP contribution in [0.3, 0.4) is 0 Å². The molecule has 4 heteroatoms. The molecule has 0 aromatic heterocycles. The lowest BCUT2D eigenvalue weighted by Gasteiger charge is -2.15. The van der Waals surface area contributed by atoms with Gasteiger partial charge >= 0.3 is 0 Å². The first-order valence-corrected chi connectivity index (χ1v) is 7.40. The molecule has 0 unspecified atom stereocenters. The number of aliphatic hydroxyl groups excluding tert-OH is 1. The summed E-state index contributed by atoms with van der Waals surface area (Å²) >= 11 is 0. The highest BCUT2D eigenvalue weighted by molar-refractivity contribution is 5.46. The third-order valence-corrected chi connectivity index (χ3v) is 3.35. The average Bonchev–Trinajstić information content (AvgIpc) is 2.53. The summed E-state index contributed by atoms with van der Waals surface area (Å²) in [6.45, 7) is 3.85. The minimum atomic E-state index is 0.115. The van der Waals surface area contributed by atoms with Crippen molar-refractivity contribution >= 4 is 0 Å². The molecule has 0 saturated heterocycles. The Labute approximate surface area is 131 Å². The van der Waals surface area contributed by atoms with E-state index in [4.69, 9.17) is 14.6 Å². The van der Waals surface area contributed by atoms with Crippen molar-refractivity contribution in [2.75, 3.05) is 20.3 Å². The predicted molar refractivity (Wildman–Crippen MR) is 87.3 cm³/mol. The lowest BCUT2D eigenvalue weighted by molar-refractivity contribution is 0.277. The van der Waals surface area contributed by atoms with Crippen LogP contribution < -0.4 is 14.8 Å². The Kier molecular flexibility index (Phi) is 6.25. The van der Waals surface area contributed by atoms with Gasteiger partial charge in [-0.05, 0) is 18.6 Å². The number of aryl methyl sites for hydroxylation is 1. The summed E-state index contributed by atoms with van der Waals surface area (Å²) in [6.07, 6.45) is 0. The molecule has 0 radical (unpaired) electrons. The third-order valence-electron chi connectivity index (χ3n) is 3.35. The van der Waals surface area contributed by atoms with Gasteiger partial charge in [0.05, 0.1) is 13.7 Å². The number of hydrogen-bond acceptors (Lipinski definition) is 4. The minimum absolute atomic E-state index is 0.115. The Balaban J connectivity index is 2.13. The molecule has 0 spiro atoms. The van der Waals surface area contributed by atoms with Crippen molar-refractivity contribution in [3.05, 3.63) is 59.2 Å². The van der Waals surface area contributed by atoms with E-state index >= 15 is 0 Å². The SMILES string of the molecule is COc1cccc(CNCCO)c1OCc1cccc(C)c1. The van der Waals surface area contributed by atoms with Crippen molar-refractivity contribution in [1.29, 1.82) is 0 Å². The summed E-state index contributed by atoms with van der Waals surface area (Å²) < 4.78 is 11.4. The molecule has 0 fully saturated rings. The van der Waals surface area contributed by atoms with Crippen LogP contribution in [0.15, 0.2) is 42.5 Å². The zero-order chi connectivity index (χ0) is 15.8. The molecule has 2 aromatic rings. The van der Waals surface area contributed by atoms with E-state index in [1.807, 2.05) is 30.3 Å². The molecule has 2 rings (SSSR count). The molecule has 2 aromatic carbocycles. The lowest BCUT2D eigenvalue weighted by atomic mass is 10.1. The van der Waals surface area contributed by atoms with Crippen molar-refractivity contribution in [3.8, 4) is 11.5 Å². The van der Waals surface area contributed by atoms with E-state index in [1.54, 1.807) is 7.11 Å². The van der Waals surface area contributed by atoms with E-state index in [0.29, 0.717) is 19.7 Å². The maximum absolute atomic E-state index is 8.87. The van der Waals surface area contributed by atoms with Gasteiger partial charge in [-0.3, -0.25) is 0 Å². The van der Waals surface area contributed by atoms with E-state index in [2.05, 4.69) is 24.4 Å². The quantitative estimate of drug-likeness (QED) is 0.736. The van der Waals surface area contributed by atoms with Gasteiger partial charge in [0.25, 0.3) is 0 Å². The first kappa shape index (κ1) is 16.3. The molecule has 0 aliphatic heterocycles. The van der Waals surface area contributed by atoms with E-state index in [1.165, 1.54) is 5.56 Å². The molecule has 2 N–H and O–H groups in total. The maximum Gasteiger partial charge on any atom is 0.166 e. The number of methoxy groups -OCH3 is 1. The van der Waals surface area contributed by atoms with Gasteiger partial charge in [-0.25, -0.2) is 0 Å². The van der Waals surface area contributed by atoms with Gasteiger partial charge in [0.2, 0.25) is 0 Å². The van der Waals surface area contributed by atoms with Crippen LogP contribution in [-0.2, 0) is 13.2 Å². The summed E-state index contributed by atoms with van der Waals surface area (Å²) in [5, 5.41) is 12.0. The molecule has 0 heterocycles. The highest BCUT2D eigenvalue weighted by Crippen LogP contribution is 2.31. The summed E-state index contributed by atoms with van der Waals surface area (Å²) in [6, 6.07) is 14.1. The Morgan fingerprint density at radius 1 is 1.14 bits per heavy atom. The van der Waals surface area contributed by atoms with Crippen molar-refractivity contribution in [3.63, 3.8) is 0 Å². The maximum atomic E-state index is 8.87. The zero-order valence-electron chi connectivity index (χ0n) is 13.1. The Hall–Kier alpha value is -2.04. The van der Waals surface area contributed by atoms with Crippen molar-refractivity contribution in [2.24, 2.45) is 0 Å². The highest BCUT2D eigenvalue weighted by Gasteiger charge is 2.10. The summed E-state index contributed by atoms with van der Waals surface area (Å²) in [5.74, 6) is 1.47. The van der Waals surface area contributed by atoms with Crippen molar-refractivity contribution in [1.82, 2.24) is 5.32 Å². The minimum Gasteiger partial charge on any atom is -0.493 e. The highest BCUT2D eigenvalue weighted by atomic mass is 16.5. The number of rotatable bonds is 8. The lowest BCUT2D eigenvalue weighted by Crippen LogP contribution is -2.18. The monoisotopic (exact) mass is 301 g/mol. The van der Waals surface area contributed by atoms with E-state index in [-0.39, 0.29) is 6.61 Å². The molecular formula is C18H23NO3. The second-order valence-corrected chi connectivity index (χ2v) is 5.13. The molecule has 4 nitrogen and oxygen atoms in total. The van der Waals surface area contributed by atoms with Gasteiger partial charge in [-0.2, -0.15) is 0 Å². The molecule has 0 aliphatic carbocycles. The Morgan fingerprint density at radius 2 is 1.95 bits per heavy atom. The van der Waals surface area contributed by atoms with Crippen LogP contribution in [0.4, 0.5) is 0 Å². The van der Waals surface area contributed by atoms with Crippen LogP contribution in [0.1, 0.15) is 16.7 Å². The van der Waals surface area contributed by atoms with Crippen LogP contribution in [0.5, 0.6) is 11.5 Å². The number of benzene rings is 2. The van der Waals surface area contributed by atoms with Gasteiger partial charge in [0.15, 0.2) is 11.5 Å². The van der Waals surface area contributed by atoms with Gasteiger partial charge < -0.3 is 19.9 Å². The number of ether oxygens (including phenoxy) is 2. The summed E-state index contributed by atoms with van der Waals surface area (Å²) in [7, 11) is 1.64. The van der Waals surface area contributed by atoms with Crippen LogP contribution >= 0.6 is 0 Å². The number of nitrogens with one attached hydrogen (secondary N) is 1. The summed E-state index contributed by atoms with van der Waals surface area (Å²) in [4.78, 5) is 0. The van der Waals surface area contributed by atoms with Crippen molar-refractivity contribution < 1.29 is 14.6 Å². The molecule has 0 bridgehead atoms. The van der Waals surface area contributed by atoms with Crippen molar-refractivity contribution in [2.45, 2.75) is 20.1 Å². The largest absolute Gasteiger partial charge is 0.493 e.